The number of aliphatic carboxylic acids is 1. The molecule has 0 amide bonds. The number of rotatable bonds is 2. The van der Waals surface area contributed by atoms with E-state index in [1.165, 1.54) is 0 Å². The van der Waals surface area contributed by atoms with Gasteiger partial charge in [-0.2, -0.15) is 0 Å². The van der Waals surface area contributed by atoms with Crippen LogP contribution in [0.3, 0.4) is 0 Å². The summed E-state index contributed by atoms with van der Waals surface area (Å²) in [5.74, 6) is -1.16. The van der Waals surface area contributed by atoms with Crippen molar-refractivity contribution in [2.45, 2.75) is 0 Å². The molecule has 3 nitrogen and oxygen atoms in total. The molecule has 0 fully saturated rings. The van der Waals surface area contributed by atoms with E-state index in [1.807, 2.05) is 0 Å². The van der Waals surface area contributed by atoms with E-state index in [4.69, 9.17) is 7.93 Å². The first kappa shape index (κ1) is 1.77. The first-order valence-electron chi connectivity index (χ1n) is 1.99. The molecule has 5 heavy (non-hydrogen) atoms. The Morgan fingerprint density at radius 1 is 2.40 bits per heavy atom. The van der Waals surface area contributed by atoms with Gasteiger partial charge in [0.1, 0.15) is 2.82 Å². The zero-order valence-corrected chi connectivity index (χ0v) is 2.51. The molecule has 0 atom stereocenters. The molecule has 0 aromatic heterocycles. The van der Waals surface area contributed by atoms with Gasteiger partial charge in [0.05, 0.1) is 6.54 Å². The maximum Gasteiger partial charge on any atom is 0.317 e. The van der Waals surface area contributed by atoms with E-state index in [0.29, 0.717) is 0 Å². The van der Waals surface area contributed by atoms with Crippen LogP contribution in [0.1, 0.15) is 0 Å². The molecule has 0 aromatic carbocycles. The van der Waals surface area contributed by atoms with Gasteiger partial charge < -0.3 is 10.8 Å². The normalized spacial score (nSPS) is 13.8. The highest BCUT2D eigenvalue weighted by Crippen LogP contribution is 1.43. The van der Waals surface area contributed by atoms with E-state index < -0.39 is 12.5 Å². The van der Waals surface area contributed by atoms with Crippen molar-refractivity contribution in [3.05, 3.63) is 0 Å². The number of carbonyl (C=O) groups is 1. The molecule has 3 N–H and O–H groups in total. The Labute approximate surface area is 32.3 Å². The molecule has 30 valence electrons. The lowest BCUT2D eigenvalue weighted by Crippen LogP contribution is -2.10. The van der Waals surface area contributed by atoms with Crippen LogP contribution in [0.25, 0.3) is 0 Å². The van der Waals surface area contributed by atoms with Crippen molar-refractivity contribution in [1.82, 2.24) is 0 Å². The molecule has 0 radical (unpaired) electrons. The van der Waals surface area contributed by atoms with Crippen molar-refractivity contribution in [2.24, 2.45) is 5.72 Å². The molecular formula is C2H5NO2. The number of hydrogen-bond donors (Lipinski definition) is 2. The van der Waals surface area contributed by atoms with E-state index in [1.54, 1.807) is 0 Å². The molecule has 0 saturated carbocycles. The molecule has 0 aromatic rings. The van der Waals surface area contributed by atoms with Crippen LogP contribution in [0.5, 0.6) is 0 Å². The highest BCUT2D eigenvalue weighted by molar-refractivity contribution is 5.68. The maximum atomic E-state index is 9.53. The molecule has 3 heteroatoms. The molecule has 0 aliphatic heterocycles. The fraction of sp³-hybridized carbons (Fsp3) is 0.500. The second-order valence-electron chi connectivity index (χ2n) is 0.552. The molecule has 0 aliphatic carbocycles. The lowest BCUT2D eigenvalue weighted by atomic mass is 10.7. The Kier molecular flexibility index (Phi) is 0.609. The van der Waals surface area contributed by atoms with Gasteiger partial charge in [0.2, 0.25) is 0 Å². The van der Waals surface area contributed by atoms with Crippen molar-refractivity contribution in [2.75, 3.05) is 6.54 Å². The first-order valence-corrected chi connectivity index (χ1v) is 1.10. The maximum absolute atomic E-state index is 9.53. The van der Waals surface area contributed by atoms with Gasteiger partial charge in [-0.3, -0.25) is 4.79 Å². The minimum absolute atomic E-state index is 0.0995. The van der Waals surface area contributed by atoms with Gasteiger partial charge in [-0.1, -0.05) is 0 Å². The molecule has 0 bridgehead atoms. The smallest absolute Gasteiger partial charge is 0.317 e. The summed E-state index contributed by atoms with van der Waals surface area (Å²) < 4.78 is 12.5. The summed E-state index contributed by atoms with van der Waals surface area (Å²) in [7, 11) is 0. The van der Waals surface area contributed by atoms with Crippen LogP contribution >= 0.6 is 0 Å². The summed E-state index contributed by atoms with van der Waals surface area (Å²) in [4.78, 5) is 9.53. The Hall–Kier alpha value is -0.570. The summed E-state index contributed by atoms with van der Waals surface area (Å²) in [6.45, 7) is -0.556. The minimum Gasteiger partial charge on any atom is -0.480 e. The third kappa shape index (κ3) is 3.43. The van der Waals surface area contributed by atoms with Crippen molar-refractivity contribution in [1.29, 1.82) is 0 Å². The largest absolute Gasteiger partial charge is 0.480 e. The van der Waals surface area contributed by atoms with Crippen molar-refractivity contribution in [3.63, 3.8) is 0 Å². The number of hydrogen-bond acceptors (Lipinski definition) is 2. The standard InChI is InChI=1S/C2H5NO2/c3-1-2(4)5/h1,3H2,(H,4,5)/i/hD2. The topological polar surface area (TPSA) is 63.3 Å². The summed E-state index contributed by atoms with van der Waals surface area (Å²) in [5, 5.41) is 7.80. The average Bonchev–Trinajstić information content (AvgIpc) is 1.27. The molecular weight excluding hydrogens is 70.0 g/mol. The van der Waals surface area contributed by atoms with E-state index in [-0.39, 0.29) is 5.72 Å². The Balaban J connectivity index is 3.13. The van der Waals surface area contributed by atoms with Crippen LogP contribution in [0.4, 0.5) is 0 Å². The second kappa shape index (κ2) is 1.72. The third-order valence-corrected chi connectivity index (χ3v) is 0.135. The van der Waals surface area contributed by atoms with E-state index in [2.05, 4.69) is 0 Å². The zero-order chi connectivity index (χ0) is 5.86. The highest BCUT2D eigenvalue weighted by atomic mass is 16.4. The van der Waals surface area contributed by atoms with Gasteiger partial charge in [0.15, 0.2) is 0 Å². The van der Waals surface area contributed by atoms with Crippen LogP contribution in [0.2, 0.25) is 2.82 Å². The molecule has 0 saturated heterocycles. The summed E-state index contributed by atoms with van der Waals surface area (Å²) >= 11 is 0. The molecule has 0 aliphatic rings. The summed E-state index contributed by atoms with van der Waals surface area (Å²) in [5.41, 5.74) is 0.0995. The fourth-order valence-electron chi connectivity index (χ4n) is 0. The molecule has 0 unspecified atom stereocenters. The van der Waals surface area contributed by atoms with Crippen molar-refractivity contribution >= 4 is 5.97 Å². The van der Waals surface area contributed by atoms with Crippen LogP contribution in [0.15, 0.2) is 0 Å². The fourth-order valence-corrected chi connectivity index (χ4v) is 0. The molecule has 0 spiro atoms. The Morgan fingerprint density at radius 2 is 3.00 bits per heavy atom. The lowest BCUT2D eigenvalue weighted by Gasteiger charge is -1.73. The third-order valence-electron chi connectivity index (χ3n) is 0.135. The van der Waals surface area contributed by atoms with Gasteiger partial charge in [0.25, 0.3) is 0 Å². The Bertz CT molecular complexity index is 74.1. The molecule has 0 rings (SSSR count). The van der Waals surface area contributed by atoms with Gasteiger partial charge in [-0.25, -0.2) is 0 Å². The monoisotopic (exact) mass is 77.0 g/mol. The summed E-state index contributed by atoms with van der Waals surface area (Å²) in [6, 6.07) is 0. The molecule has 0 heterocycles. The van der Waals surface area contributed by atoms with Gasteiger partial charge in [-0.05, 0) is 0 Å². The number of nitrogens with two attached hydrogens (primary N) is 1. The first-order chi connectivity index (χ1) is 3.13. The van der Waals surface area contributed by atoms with E-state index >= 15 is 0 Å². The van der Waals surface area contributed by atoms with Gasteiger partial charge in [-0.15, -0.1) is 0 Å². The van der Waals surface area contributed by atoms with Crippen LogP contribution in [-0.2, 0) is 4.79 Å². The predicted molar refractivity (Wildman–Crippen MR) is 16.7 cm³/mol. The highest BCUT2D eigenvalue weighted by Gasteiger charge is 1.81. The summed E-state index contributed by atoms with van der Waals surface area (Å²) in [6.07, 6.45) is 0. The van der Waals surface area contributed by atoms with E-state index in [9.17, 15) is 4.79 Å². The van der Waals surface area contributed by atoms with Crippen LogP contribution in [0, 0.1) is 0 Å². The van der Waals surface area contributed by atoms with E-state index in [0.717, 1.165) is 0 Å². The number of carboxylic acids is 1. The van der Waals surface area contributed by atoms with Crippen molar-refractivity contribution in [3.8, 4) is 0 Å². The minimum atomic E-state index is -1.16. The second-order valence-corrected chi connectivity index (χ2v) is 0.552. The SMILES string of the molecule is [2H]N([2H])CC(=O)O. The van der Waals surface area contributed by atoms with Crippen LogP contribution < -0.4 is 5.72 Å². The lowest BCUT2D eigenvalue weighted by molar-refractivity contribution is -0.135. The zero-order valence-electron chi connectivity index (χ0n) is 4.51. The van der Waals surface area contributed by atoms with Crippen molar-refractivity contribution < 1.29 is 12.7 Å². The van der Waals surface area contributed by atoms with Gasteiger partial charge in [0, 0.05) is 0 Å². The average molecular weight is 77.1 g/mol. The van der Waals surface area contributed by atoms with Gasteiger partial charge >= 0.3 is 5.97 Å². The quantitative estimate of drug-likeness (QED) is 0.445. The Morgan fingerprint density at radius 3 is 3.00 bits per heavy atom. The predicted octanol–water partition coefficient (Wildman–Crippen LogP) is -0.970. The number of carboxylic acid groups (broad SMARTS) is 1. The van der Waals surface area contributed by atoms with Crippen LogP contribution in [-0.4, -0.2) is 17.6 Å².